The van der Waals surface area contributed by atoms with Crippen molar-refractivity contribution in [3.8, 4) is 16.9 Å². The van der Waals surface area contributed by atoms with E-state index in [4.69, 9.17) is 4.74 Å². The highest BCUT2D eigenvalue weighted by molar-refractivity contribution is 7.89. The Kier molecular flexibility index (Phi) is 12.1. The van der Waals surface area contributed by atoms with Gasteiger partial charge in [0, 0.05) is 6.54 Å². The molecule has 0 aliphatic heterocycles. The van der Waals surface area contributed by atoms with E-state index in [1.807, 2.05) is 68.4 Å². The van der Waals surface area contributed by atoms with Crippen LogP contribution in [0.4, 0.5) is 0 Å². The second kappa shape index (κ2) is 15.5. The molecule has 0 saturated heterocycles. The van der Waals surface area contributed by atoms with Crippen LogP contribution in [0.15, 0.2) is 103 Å². The molecule has 0 bridgehead atoms. The van der Waals surface area contributed by atoms with Crippen LogP contribution >= 0.6 is 12.4 Å². The Hall–Kier alpha value is -3.69. The first kappa shape index (κ1) is 32.8. The van der Waals surface area contributed by atoms with Crippen molar-refractivity contribution in [1.82, 2.24) is 10.0 Å². The smallest absolute Gasteiger partial charge is 0.268 e. The molecule has 42 heavy (non-hydrogen) atoms. The summed E-state index contributed by atoms with van der Waals surface area (Å²) >= 11 is 0. The molecular formula is C33H37ClN2O5S. The van der Waals surface area contributed by atoms with E-state index in [0.29, 0.717) is 17.9 Å². The quantitative estimate of drug-likeness (QED) is 0.169. The zero-order valence-electron chi connectivity index (χ0n) is 23.7. The van der Waals surface area contributed by atoms with Crippen molar-refractivity contribution in [2.24, 2.45) is 0 Å². The highest BCUT2D eigenvalue weighted by atomic mass is 35.5. The number of rotatable bonds is 13. The normalized spacial score (nSPS) is 11.9. The SMILES string of the molecule is CC(C)Oc1cc(-c2ccc(CCNC[C@@H](O)c3ccccc3)cc2)ccc1C(=O)NS(=O)(=O)Cc1ccccc1.Cl. The highest BCUT2D eigenvalue weighted by Gasteiger charge is 2.21. The highest BCUT2D eigenvalue weighted by Crippen LogP contribution is 2.29. The Morgan fingerprint density at radius 2 is 1.45 bits per heavy atom. The van der Waals surface area contributed by atoms with Crippen molar-refractivity contribution in [2.75, 3.05) is 13.1 Å². The molecule has 9 heteroatoms. The molecule has 0 saturated carbocycles. The molecule has 0 spiro atoms. The monoisotopic (exact) mass is 608 g/mol. The lowest BCUT2D eigenvalue weighted by Gasteiger charge is -2.16. The number of amides is 1. The molecule has 222 valence electrons. The van der Waals surface area contributed by atoms with Crippen LogP contribution in [-0.2, 0) is 22.2 Å². The van der Waals surface area contributed by atoms with Crippen LogP contribution < -0.4 is 14.8 Å². The van der Waals surface area contributed by atoms with Gasteiger partial charge in [-0.15, -0.1) is 12.4 Å². The van der Waals surface area contributed by atoms with Gasteiger partial charge in [-0.05, 0) is 66.8 Å². The topological polar surface area (TPSA) is 105 Å². The van der Waals surface area contributed by atoms with E-state index >= 15 is 0 Å². The predicted octanol–water partition coefficient (Wildman–Crippen LogP) is 5.69. The first-order valence-corrected chi connectivity index (χ1v) is 15.3. The fourth-order valence-electron chi connectivity index (χ4n) is 4.40. The maximum absolute atomic E-state index is 13.0. The van der Waals surface area contributed by atoms with Gasteiger partial charge >= 0.3 is 0 Å². The maximum Gasteiger partial charge on any atom is 0.268 e. The number of ether oxygens (including phenoxy) is 1. The van der Waals surface area contributed by atoms with E-state index in [1.165, 1.54) is 0 Å². The minimum absolute atomic E-state index is 0. The molecule has 0 fully saturated rings. The molecule has 4 aromatic rings. The molecule has 0 aliphatic rings. The number of aliphatic hydroxyl groups is 1. The van der Waals surface area contributed by atoms with E-state index in [1.54, 1.807) is 48.5 Å². The molecule has 1 atom stereocenters. The third-order valence-electron chi connectivity index (χ3n) is 6.44. The van der Waals surface area contributed by atoms with Gasteiger partial charge in [-0.3, -0.25) is 4.79 Å². The maximum atomic E-state index is 13.0. The van der Waals surface area contributed by atoms with Gasteiger partial charge in [-0.1, -0.05) is 91.0 Å². The van der Waals surface area contributed by atoms with Gasteiger partial charge in [0.1, 0.15) is 5.75 Å². The molecule has 0 aromatic heterocycles. The molecule has 0 radical (unpaired) electrons. The van der Waals surface area contributed by atoms with Crippen molar-refractivity contribution in [2.45, 2.75) is 38.2 Å². The second-order valence-corrected chi connectivity index (χ2v) is 11.9. The van der Waals surface area contributed by atoms with Gasteiger partial charge in [0.05, 0.1) is 23.5 Å². The zero-order chi connectivity index (χ0) is 29.2. The summed E-state index contributed by atoms with van der Waals surface area (Å²) in [5.41, 5.74) is 4.57. The zero-order valence-corrected chi connectivity index (χ0v) is 25.3. The number of hydrogen-bond acceptors (Lipinski definition) is 6. The minimum atomic E-state index is -3.90. The van der Waals surface area contributed by atoms with Gasteiger partial charge in [0.25, 0.3) is 5.91 Å². The summed E-state index contributed by atoms with van der Waals surface area (Å²) in [6, 6.07) is 31.5. The summed E-state index contributed by atoms with van der Waals surface area (Å²) in [7, 11) is -3.90. The van der Waals surface area contributed by atoms with Gasteiger partial charge in [0.2, 0.25) is 10.0 Å². The van der Waals surface area contributed by atoms with Crippen molar-refractivity contribution in [1.29, 1.82) is 0 Å². The second-order valence-electron chi connectivity index (χ2n) is 10.1. The minimum Gasteiger partial charge on any atom is -0.490 e. The van der Waals surface area contributed by atoms with Gasteiger partial charge in [-0.25, -0.2) is 13.1 Å². The third-order valence-corrected chi connectivity index (χ3v) is 7.65. The molecule has 0 aliphatic carbocycles. The third kappa shape index (κ3) is 9.70. The Balaban J connectivity index is 0.00000484. The Morgan fingerprint density at radius 3 is 2.10 bits per heavy atom. The van der Waals surface area contributed by atoms with Crippen LogP contribution in [-0.4, -0.2) is 38.6 Å². The van der Waals surface area contributed by atoms with Crippen molar-refractivity contribution in [3.63, 3.8) is 0 Å². The lowest BCUT2D eigenvalue weighted by molar-refractivity contribution is 0.0975. The van der Waals surface area contributed by atoms with Crippen LogP contribution in [0, 0.1) is 0 Å². The first-order chi connectivity index (χ1) is 19.7. The van der Waals surface area contributed by atoms with Crippen molar-refractivity contribution >= 4 is 28.3 Å². The lowest BCUT2D eigenvalue weighted by Crippen LogP contribution is -2.32. The Morgan fingerprint density at radius 1 is 0.833 bits per heavy atom. The molecule has 0 unspecified atom stereocenters. The summed E-state index contributed by atoms with van der Waals surface area (Å²) in [5.74, 6) is -0.716. The average molecular weight is 609 g/mol. The van der Waals surface area contributed by atoms with Crippen LogP contribution in [0.2, 0.25) is 0 Å². The van der Waals surface area contributed by atoms with Crippen LogP contribution in [0.3, 0.4) is 0 Å². The van der Waals surface area contributed by atoms with E-state index in [-0.39, 0.29) is 29.8 Å². The molecule has 7 nitrogen and oxygen atoms in total. The van der Waals surface area contributed by atoms with Gasteiger partial charge in [-0.2, -0.15) is 0 Å². The lowest BCUT2D eigenvalue weighted by atomic mass is 10.0. The van der Waals surface area contributed by atoms with E-state index < -0.39 is 22.0 Å². The van der Waals surface area contributed by atoms with Crippen molar-refractivity contribution < 1.29 is 23.1 Å². The summed E-state index contributed by atoms with van der Waals surface area (Å²) in [6.07, 6.45) is 0.0444. The van der Waals surface area contributed by atoms with Crippen LogP contribution in [0.1, 0.15) is 47.0 Å². The largest absolute Gasteiger partial charge is 0.490 e. The number of hydrogen-bond donors (Lipinski definition) is 3. The summed E-state index contributed by atoms with van der Waals surface area (Å²) in [6.45, 7) is 4.91. The molecule has 1 amide bonds. The molecule has 4 rings (SSSR count). The van der Waals surface area contributed by atoms with Crippen LogP contribution in [0.5, 0.6) is 5.75 Å². The predicted molar refractivity (Wildman–Crippen MR) is 169 cm³/mol. The Labute approximate surface area is 254 Å². The number of carbonyl (C=O) groups is 1. The number of aliphatic hydroxyl groups excluding tert-OH is 1. The van der Waals surface area contributed by atoms with E-state index in [0.717, 1.165) is 35.2 Å². The van der Waals surface area contributed by atoms with Gasteiger partial charge < -0.3 is 15.2 Å². The summed E-state index contributed by atoms with van der Waals surface area (Å²) < 4.78 is 33.4. The average Bonchev–Trinajstić information content (AvgIpc) is 2.95. The summed E-state index contributed by atoms with van der Waals surface area (Å²) in [5, 5.41) is 13.6. The van der Waals surface area contributed by atoms with E-state index in [9.17, 15) is 18.3 Å². The number of carbonyl (C=O) groups excluding carboxylic acids is 1. The number of halogens is 1. The van der Waals surface area contributed by atoms with E-state index in [2.05, 4.69) is 10.0 Å². The molecular weight excluding hydrogens is 572 g/mol. The van der Waals surface area contributed by atoms with Gasteiger partial charge in [0.15, 0.2) is 0 Å². The van der Waals surface area contributed by atoms with Crippen molar-refractivity contribution in [3.05, 3.63) is 125 Å². The van der Waals surface area contributed by atoms with Crippen LogP contribution in [0.25, 0.3) is 11.1 Å². The molecule has 4 aromatic carbocycles. The Bertz CT molecular complexity index is 1530. The number of sulfonamides is 1. The number of nitrogens with one attached hydrogen (secondary N) is 2. The first-order valence-electron chi connectivity index (χ1n) is 13.6. The fraction of sp³-hybridized carbons (Fsp3) is 0.242. The molecule has 3 N–H and O–H groups in total. The fourth-order valence-corrected chi connectivity index (χ4v) is 5.49. The number of benzene rings is 4. The standard InChI is InChI=1S/C33H36N2O5S.ClH/c1-24(2)40-32-21-29(17-18-30(32)33(37)35-41(38,39)23-26-9-5-3-6-10-26)27-15-13-25(14-16-27)19-20-34-22-31(36)28-11-7-4-8-12-28;/h3-18,21,24,31,34,36H,19-20,22-23H2,1-2H3,(H,35,37);1H/t31-;/m1./s1. The molecule has 0 heterocycles. The summed E-state index contributed by atoms with van der Waals surface area (Å²) in [4.78, 5) is 13.0.